The van der Waals surface area contributed by atoms with Crippen molar-refractivity contribution < 1.29 is 28.9 Å². The molecule has 0 radical (unpaired) electrons. The van der Waals surface area contributed by atoms with E-state index in [0.717, 1.165) is 12.8 Å². The molecule has 0 spiro atoms. The molecule has 7 nitrogen and oxygen atoms in total. The molecular formula is C13H23NO6. The zero-order valence-electron chi connectivity index (χ0n) is 12.2. The van der Waals surface area contributed by atoms with Crippen LogP contribution in [0.4, 0.5) is 4.79 Å². The molecule has 0 aromatic rings. The van der Waals surface area contributed by atoms with E-state index in [0.29, 0.717) is 13.2 Å². The van der Waals surface area contributed by atoms with Crippen molar-refractivity contribution in [2.75, 3.05) is 19.8 Å². The first kappa shape index (κ1) is 16.7. The predicted molar refractivity (Wildman–Crippen MR) is 70.6 cm³/mol. The van der Waals surface area contributed by atoms with Crippen LogP contribution in [0.15, 0.2) is 0 Å². The Morgan fingerprint density at radius 3 is 2.45 bits per heavy atom. The van der Waals surface area contributed by atoms with Gasteiger partial charge in [0.1, 0.15) is 5.60 Å². The molecule has 1 saturated heterocycles. The lowest BCUT2D eigenvalue weighted by Gasteiger charge is -2.25. The first-order chi connectivity index (χ1) is 9.28. The largest absolute Gasteiger partial charge is 0.480 e. The molecule has 1 amide bonds. The minimum Gasteiger partial charge on any atom is -0.480 e. The molecule has 116 valence electrons. The Hall–Kier alpha value is -1.34. The van der Waals surface area contributed by atoms with E-state index < -0.39 is 23.7 Å². The molecule has 1 fully saturated rings. The van der Waals surface area contributed by atoms with Crippen molar-refractivity contribution in [3.63, 3.8) is 0 Å². The van der Waals surface area contributed by atoms with E-state index in [4.69, 9.17) is 19.3 Å². The normalized spacial score (nSPS) is 18.4. The number of hydrogen-bond donors (Lipinski definition) is 2. The molecule has 7 heteroatoms. The van der Waals surface area contributed by atoms with E-state index >= 15 is 0 Å². The fourth-order valence-electron chi connectivity index (χ4n) is 1.70. The number of aliphatic carboxylic acids is 1. The van der Waals surface area contributed by atoms with Crippen molar-refractivity contribution in [2.45, 2.75) is 51.4 Å². The second-order valence-corrected chi connectivity index (χ2v) is 5.68. The van der Waals surface area contributed by atoms with E-state index in [1.54, 1.807) is 20.8 Å². The van der Waals surface area contributed by atoms with Crippen LogP contribution in [0.5, 0.6) is 0 Å². The zero-order chi connectivity index (χ0) is 15.2. The summed E-state index contributed by atoms with van der Waals surface area (Å²) in [4.78, 5) is 22.7. The van der Waals surface area contributed by atoms with Crippen LogP contribution in [-0.2, 0) is 19.0 Å². The number of carbonyl (C=O) groups excluding carboxylic acids is 1. The second kappa shape index (κ2) is 7.44. The van der Waals surface area contributed by atoms with Gasteiger partial charge in [-0.3, -0.25) is 0 Å². The van der Waals surface area contributed by atoms with Crippen LogP contribution in [0.1, 0.15) is 33.6 Å². The van der Waals surface area contributed by atoms with Gasteiger partial charge in [-0.15, -0.1) is 0 Å². The minimum absolute atomic E-state index is 0.0222. The van der Waals surface area contributed by atoms with Crippen molar-refractivity contribution in [3.05, 3.63) is 0 Å². The molecule has 1 heterocycles. The van der Waals surface area contributed by atoms with Crippen molar-refractivity contribution in [3.8, 4) is 0 Å². The lowest BCUT2D eigenvalue weighted by atomic mass is 10.1. The minimum atomic E-state index is -1.15. The smallest absolute Gasteiger partial charge is 0.408 e. The summed E-state index contributed by atoms with van der Waals surface area (Å²) in [6.07, 6.45) is 0.684. The van der Waals surface area contributed by atoms with E-state index in [-0.39, 0.29) is 12.7 Å². The number of carbonyl (C=O) groups is 2. The molecule has 0 aromatic heterocycles. The van der Waals surface area contributed by atoms with Gasteiger partial charge in [0.25, 0.3) is 0 Å². The quantitative estimate of drug-likeness (QED) is 0.788. The monoisotopic (exact) mass is 289 g/mol. The second-order valence-electron chi connectivity index (χ2n) is 5.68. The van der Waals surface area contributed by atoms with Gasteiger partial charge in [-0.05, 0) is 33.6 Å². The SMILES string of the molecule is CC(C)(C)OC(=O)N[C@@H](COC1CCOCC1)C(=O)O. The molecule has 0 bridgehead atoms. The summed E-state index contributed by atoms with van der Waals surface area (Å²) in [6, 6.07) is -1.12. The molecule has 1 aliphatic heterocycles. The molecule has 2 N–H and O–H groups in total. The molecule has 1 atom stereocenters. The average molecular weight is 289 g/mol. The third-order valence-electron chi connectivity index (χ3n) is 2.66. The highest BCUT2D eigenvalue weighted by atomic mass is 16.6. The standard InChI is InChI=1S/C13H23NO6/c1-13(2,3)20-12(17)14-10(11(15)16)8-19-9-4-6-18-7-5-9/h9-10H,4-8H2,1-3H3,(H,14,17)(H,15,16)/t10-/m0/s1. The van der Waals surface area contributed by atoms with Crippen LogP contribution >= 0.6 is 0 Å². The van der Waals surface area contributed by atoms with Gasteiger partial charge in [0.2, 0.25) is 0 Å². The third kappa shape index (κ3) is 6.72. The van der Waals surface area contributed by atoms with Crippen molar-refractivity contribution in [2.24, 2.45) is 0 Å². The topological polar surface area (TPSA) is 94.1 Å². The van der Waals surface area contributed by atoms with E-state index in [2.05, 4.69) is 5.32 Å². The first-order valence-electron chi connectivity index (χ1n) is 6.69. The van der Waals surface area contributed by atoms with Gasteiger partial charge in [-0.25, -0.2) is 9.59 Å². The van der Waals surface area contributed by atoms with Crippen molar-refractivity contribution in [1.29, 1.82) is 0 Å². The Balaban J connectivity index is 2.39. The van der Waals surface area contributed by atoms with Crippen molar-refractivity contribution in [1.82, 2.24) is 5.32 Å². The van der Waals surface area contributed by atoms with Gasteiger partial charge in [0, 0.05) is 13.2 Å². The summed E-state index contributed by atoms with van der Waals surface area (Å²) in [5.74, 6) is -1.15. The first-order valence-corrected chi connectivity index (χ1v) is 6.69. The zero-order valence-corrected chi connectivity index (χ0v) is 12.2. The van der Waals surface area contributed by atoms with E-state index in [9.17, 15) is 9.59 Å². The summed E-state index contributed by atoms with van der Waals surface area (Å²) in [5.41, 5.74) is -0.672. The highest BCUT2D eigenvalue weighted by Gasteiger charge is 2.25. The van der Waals surface area contributed by atoms with Crippen molar-refractivity contribution >= 4 is 12.1 Å². The fraction of sp³-hybridized carbons (Fsp3) is 0.846. The number of amides is 1. The summed E-state index contributed by atoms with van der Waals surface area (Å²) in [5, 5.41) is 11.4. The number of carboxylic acids is 1. The molecular weight excluding hydrogens is 266 g/mol. The molecule has 0 aliphatic carbocycles. The maximum absolute atomic E-state index is 11.6. The van der Waals surface area contributed by atoms with Crippen LogP contribution in [0.3, 0.4) is 0 Å². The predicted octanol–water partition coefficient (Wildman–Crippen LogP) is 1.16. The number of ether oxygens (including phenoxy) is 3. The summed E-state index contributed by atoms with van der Waals surface area (Å²) in [6.45, 7) is 6.27. The van der Waals surface area contributed by atoms with Gasteiger partial charge in [-0.2, -0.15) is 0 Å². The van der Waals surface area contributed by atoms with Crippen LogP contribution in [0.25, 0.3) is 0 Å². The Morgan fingerprint density at radius 2 is 1.95 bits per heavy atom. The lowest BCUT2D eigenvalue weighted by Crippen LogP contribution is -2.46. The van der Waals surface area contributed by atoms with Crippen LogP contribution in [0, 0.1) is 0 Å². The number of alkyl carbamates (subject to hydrolysis) is 1. The van der Waals surface area contributed by atoms with Gasteiger partial charge >= 0.3 is 12.1 Å². The number of rotatable bonds is 5. The maximum atomic E-state index is 11.6. The van der Waals surface area contributed by atoms with E-state index in [1.165, 1.54) is 0 Å². The fourth-order valence-corrected chi connectivity index (χ4v) is 1.70. The Bertz CT molecular complexity index is 332. The number of carboxylic acid groups (broad SMARTS) is 1. The Labute approximate surface area is 118 Å². The Morgan fingerprint density at radius 1 is 1.35 bits per heavy atom. The molecule has 0 saturated carbocycles. The lowest BCUT2D eigenvalue weighted by molar-refractivity contribution is -0.142. The molecule has 0 unspecified atom stereocenters. The Kier molecular flexibility index (Phi) is 6.22. The summed E-state index contributed by atoms with van der Waals surface area (Å²) >= 11 is 0. The highest BCUT2D eigenvalue weighted by molar-refractivity contribution is 5.80. The van der Waals surface area contributed by atoms with Gasteiger partial charge in [0.15, 0.2) is 6.04 Å². The third-order valence-corrected chi connectivity index (χ3v) is 2.66. The van der Waals surface area contributed by atoms with Gasteiger partial charge in [0.05, 0.1) is 12.7 Å². The van der Waals surface area contributed by atoms with Crippen LogP contribution in [0.2, 0.25) is 0 Å². The van der Waals surface area contributed by atoms with Gasteiger partial charge < -0.3 is 24.6 Å². The molecule has 20 heavy (non-hydrogen) atoms. The molecule has 1 rings (SSSR count). The molecule has 0 aromatic carbocycles. The van der Waals surface area contributed by atoms with E-state index in [1.807, 2.05) is 0 Å². The van der Waals surface area contributed by atoms with Crippen LogP contribution in [-0.4, -0.2) is 54.7 Å². The molecule has 1 aliphatic rings. The average Bonchev–Trinajstić information content (AvgIpc) is 2.33. The number of hydrogen-bond acceptors (Lipinski definition) is 5. The van der Waals surface area contributed by atoms with Gasteiger partial charge in [-0.1, -0.05) is 0 Å². The maximum Gasteiger partial charge on any atom is 0.408 e. The van der Waals surface area contributed by atoms with Crippen LogP contribution < -0.4 is 5.32 Å². The highest BCUT2D eigenvalue weighted by Crippen LogP contribution is 2.11. The summed E-state index contributed by atoms with van der Waals surface area (Å²) < 4.78 is 15.7. The number of nitrogens with one attached hydrogen (secondary N) is 1. The summed E-state index contributed by atoms with van der Waals surface area (Å²) in [7, 11) is 0.